The van der Waals surface area contributed by atoms with Gasteiger partial charge in [-0.3, -0.25) is 4.98 Å². The van der Waals surface area contributed by atoms with Gasteiger partial charge in [0, 0.05) is 18.3 Å². The van der Waals surface area contributed by atoms with Gasteiger partial charge in [-0.05, 0) is 25.5 Å². The van der Waals surface area contributed by atoms with Gasteiger partial charge in [0.25, 0.3) is 0 Å². The minimum atomic E-state index is -0.391. The summed E-state index contributed by atoms with van der Waals surface area (Å²) in [7, 11) is 0. The maximum Gasteiger partial charge on any atom is 0.189 e. The minimum Gasteiger partial charge on any atom is -0.409 e. The first-order valence-electron chi connectivity index (χ1n) is 5.28. The smallest absolute Gasteiger partial charge is 0.189 e. The van der Waals surface area contributed by atoms with Crippen LogP contribution in [0.4, 0.5) is 0 Å². The van der Waals surface area contributed by atoms with E-state index in [1.807, 2.05) is 19.9 Å². The first-order valence-corrected chi connectivity index (χ1v) is 5.28. The van der Waals surface area contributed by atoms with Crippen LogP contribution >= 0.6 is 0 Å². The second-order valence-corrected chi connectivity index (χ2v) is 4.39. The summed E-state index contributed by atoms with van der Waals surface area (Å²) in [6, 6.07) is 3.61. The first kappa shape index (κ1) is 13.4. The van der Waals surface area contributed by atoms with Crippen molar-refractivity contribution in [1.29, 1.82) is 0 Å². The SMILES string of the molecule is CC(C)(CO)NCc1cccnc1C(N)=NO. The Morgan fingerprint density at radius 1 is 1.59 bits per heavy atom. The zero-order valence-electron chi connectivity index (χ0n) is 10.0. The molecule has 0 spiro atoms. The van der Waals surface area contributed by atoms with Crippen LogP contribution in [-0.4, -0.2) is 33.3 Å². The highest BCUT2D eigenvalue weighted by atomic mass is 16.4. The Balaban J connectivity index is 2.85. The van der Waals surface area contributed by atoms with Crippen molar-refractivity contribution in [3.05, 3.63) is 29.6 Å². The van der Waals surface area contributed by atoms with Crippen molar-refractivity contribution in [2.24, 2.45) is 10.9 Å². The summed E-state index contributed by atoms with van der Waals surface area (Å²) in [5.74, 6) is -0.0239. The molecule has 6 heteroatoms. The molecule has 0 fully saturated rings. The Hall–Kier alpha value is -1.66. The number of aliphatic hydroxyl groups excluding tert-OH is 1. The molecule has 0 radical (unpaired) electrons. The van der Waals surface area contributed by atoms with Gasteiger partial charge in [-0.25, -0.2) is 0 Å². The lowest BCUT2D eigenvalue weighted by Gasteiger charge is -2.24. The van der Waals surface area contributed by atoms with Crippen LogP contribution in [0.2, 0.25) is 0 Å². The molecular formula is C11H18N4O2. The zero-order chi connectivity index (χ0) is 12.9. The fourth-order valence-corrected chi connectivity index (χ4v) is 1.25. The molecule has 94 valence electrons. The fourth-order valence-electron chi connectivity index (χ4n) is 1.25. The third-order valence-corrected chi connectivity index (χ3v) is 2.39. The predicted molar refractivity (Wildman–Crippen MR) is 64.8 cm³/mol. The molecule has 1 heterocycles. The van der Waals surface area contributed by atoms with E-state index in [4.69, 9.17) is 16.0 Å². The lowest BCUT2D eigenvalue weighted by atomic mass is 10.1. The molecule has 17 heavy (non-hydrogen) atoms. The van der Waals surface area contributed by atoms with Gasteiger partial charge < -0.3 is 21.4 Å². The lowest BCUT2D eigenvalue weighted by Crippen LogP contribution is -2.42. The Morgan fingerprint density at radius 2 is 2.29 bits per heavy atom. The lowest BCUT2D eigenvalue weighted by molar-refractivity contribution is 0.187. The fraction of sp³-hybridized carbons (Fsp3) is 0.455. The number of aliphatic hydroxyl groups is 1. The average molecular weight is 238 g/mol. The van der Waals surface area contributed by atoms with Crippen LogP contribution in [0.15, 0.2) is 23.5 Å². The second-order valence-electron chi connectivity index (χ2n) is 4.39. The van der Waals surface area contributed by atoms with Crippen LogP contribution in [0.5, 0.6) is 0 Å². The van der Waals surface area contributed by atoms with Gasteiger partial charge in [0.05, 0.1) is 6.61 Å². The maximum atomic E-state index is 9.13. The molecular weight excluding hydrogens is 220 g/mol. The van der Waals surface area contributed by atoms with E-state index in [1.54, 1.807) is 12.3 Å². The van der Waals surface area contributed by atoms with Gasteiger partial charge in [-0.15, -0.1) is 0 Å². The summed E-state index contributed by atoms with van der Waals surface area (Å²) >= 11 is 0. The molecule has 0 aliphatic rings. The van der Waals surface area contributed by atoms with Gasteiger partial charge >= 0.3 is 0 Å². The molecule has 1 aromatic rings. The van der Waals surface area contributed by atoms with Crippen molar-refractivity contribution in [1.82, 2.24) is 10.3 Å². The number of pyridine rings is 1. The average Bonchev–Trinajstić information content (AvgIpc) is 2.36. The van der Waals surface area contributed by atoms with E-state index in [0.717, 1.165) is 5.56 Å². The molecule has 0 aliphatic heterocycles. The van der Waals surface area contributed by atoms with Crippen LogP contribution in [-0.2, 0) is 6.54 Å². The number of hydrogen-bond acceptors (Lipinski definition) is 5. The van der Waals surface area contributed by atoms with Gasteiger partial charge in [0.2, 0.25) is 0 Å². The number of amidine groups is 1. The predicted octanol–water partition coefficient (Wildman–Crippen LogP) is 0.0366. The number of hydrogen-bond donors (Lipinski definition) is 4. The van der Waals surface area contributed by atoms with Crippen LogP contribution < -0.4 is 11.1 Å². The minimum absolute atomic E-state index is 0.0200. The number of nitrogens with zero attached hydrogens (tertiary/aromatic N) is 2. The molecule has 5 N–H and O–H groups in total. The van der Waals surface area contributed by atoms with Crippen molar-refractivity contribution in [2.45, 2.75) is 25.9 Å². The first-order chi connectivity index (χ1) is 8.00. The van der Waals surface area contributed by atoms with E-state index in [2.05, 4.69) is 15.5 Å². The van der Waals surface area contributed by atoms with Gasteiger partial charge in [-0.1, -0.05) is 11.2 Å². The number of aromatic nitrogens is 1. The van der Waals surface area contributed by atoms with Crippen LogP contribution in [0, 0.1) is 0 Å². The Labute approximate surface area is 100 Å². The third-order valence-electron chi connectivity index (χ3n) is 2.39. The highest BCUT2D eigenvalue weighted by Crippen LogP contribution is 2.08. The summed E-state index contributed by atoms with van der Waals surface area (Å²) < 4.78 is 0. The highest BCUT2D eigenvalue weighted by Gasteiger charge is 2.16. The quantitative estimate of drug-likeness (QED) is 0.251. The van der Waals surface area contributed by atoms with Gasteiger partial charge in [0.1, 0.15) is 5.69 Å². The molecule has 0 bridgehead atoms. The Kier molecular flexibility index (Phi) is 4.42. The third kappa shape index (κ3) is 3.69. The summed E-state index contributed by atoms with van der Waals surface area (Å²) in [5, 5.41) is 23.9. The molecule has 1 rings (SSSR count). The number of rotatable bonds is 5. The zero-order valence-corrected chi connectivity index (χ0v) is 10.0. The molecule has 0 aliphatic carbocycles. The van der Waals surface area contributed by atoms with Crippen LogP contribution in [0.25, 0.3) is 0 Å². The van der Waals surface area contributed by atoms with Gasteiger partial charge in [0.15, 0.2) is 5.84 Å². The van der Waals surface area contributed by atoms with Crippen LogP contribution in [0.3, 0.4) is 0 Å². The molecule has 0 saturated heterocycles. The van der Waals surface area contributed by atoms with E-state index in [1.165, 1.54) is 0 Å². The van der Waals surface area contributed by atoms with Gasteiger partial charge in [-0.2, -0.15) is 0 Å². The molecule has 0 unspecified atom stereocenters. The maximum absolute atomic E-state index is 9.13. The molecule has 0 saturated carbocycles. The molecule has 0 atom stereocenters. The van der Waals surface area contributed by atoms with E-state index < -0.39 is 5.54 Å². The van der Waals surface area contributed by atoms with Crippen molar-refractivity contribution < 1.29 is 10.3 Å². The summed E-state index contributed by atoms with van der Waals surface area (Å²) in [6.45, 7) is 4.26. The topological polar surface area (TPSA) is 104 Å². The van der Waals surface area contributed by atoms with Crippen molar-refractivity contribution in [3.63, 3.8) is 0 Å². The van der Waals surface area contributed by atoms with E-state index in [-0.39, 0.29) is 12.4 Å². The second kappa shape index (κ2) is 5.60. The highest BCUT2D eigenvalue weighted by molar-refractivity contribution is 5.96. The summed E-state index contributed by atoms with van der Waals surface area (Å²) in [6.07, 6.45) is 1.58. The number of nitrogens with two attached hydrogens (primary N) is 1. The van der Waals surface area contributed by atoms with Crippen molar-refractivity contribution in [2.75, 3.05) is 6.61 Å². The van der Waals surface area contributed by atoms with Crippen molar-refractivity contribution >= 4 is 5.84 Å². The standard InChI is InChI=1S/C11H18N4O2/c1-11(2,7-16)14-6-8-4-3-5-13-9(8)10(12)15-17/h3-5,14,16-17H,6-7H2,1-2H3,(H2,12,15). The Morgan fingerprint density at radius 3 is 2.88 bits per heavy atom. The van der Waals surface area contributed by atoms with Crippen LogP contribution in [0.1, 0.15) is 25.1 Å². The normalized spacial score (nSPS) is 12.8. The number of nitrogens with one attached hydrogen (secondary N) is 1. The van der Waals surface area contributed by atoms with E-state index in [9.17, 15) is 0 Å². The molecule has 1 aromatic heterocycles. The molecule has 0 aromatic carbocycles. The Bertz CT molecular complexity index is 404. The van der Waals surface area contributed by atoms with E-state index >= 15 is 0 Å². The number of oxime groups is 1. The van der Waals surface area contributed by atoms with Crippen molar-refractivity contribution in [3.8, 4) is 0 Å². The largest absolute Gasteiger partial charge is 0.409 e. The molecule has 0 amide bonds. The monoisotopic (exact) mass is 238 g/mol. The molecule has 6 nitrogen and oxygen atoms in total. The van der Waals surface area contributed by atoms with E-state index in [0.29, 0.717) is 12.2 Å². The summed E-state index contributed by atoms with van der Waals surface area (Å²) in [5.41, 5.74) is 6.39. The summed E-state index contributed by atoms with van der Waals surface area (Å²) in [4.78, 5) is 4.06.